The fourth-order valence-corrected chi connectivity index (χ4v) is 3.67. The van der Waals surface area contributed by atoms with Gasteiger partial charge in [0, 0.05) is 16.7 Å². The lowest BCUT2D eigenvalue weighted by Crippen LogP contribution is -3.10. The molecule has 4 rings (SSSR count). The van der Waals surface area contributed by atoms with E-state index < -0.39 is 0 Å². The highest BCUT2D eigenvalue weighted by atomic mass is 16.5. The number of amides is 1. The Balaban J connectivity index is 1.41. The lowest BCUT2D eigenvalue weighted by atomic mass is 9.83. The van der Waals surface area contributed by atoms with Crippen molar-refractivity contribution < 1.29 is 24.0 Å². The molecule has 0 saturated carbocycles. The SMILES string of the molecule is C[NH+](CCOc1ccccc1)CC(=O)Nc1cccc2c1C(=O)c1ccccc1C2=O. The third kappa shape index (κ3) is 4.39. The third-order valence-corrected chi connectivity index (χ3v) is 5.23. The van der Waals surface area contributed by atoms with Crippen molar-refractivity contribution in [3.63, 3.8) is 0 Å². The van der Waals surface area contributed by atoms with Gasteiger partial charge in [0.25, 0.3) is 5.91 Å². The topological polar surface area (TPSA) is 76.9 Å². The van der Waals surface area contributed by atoms with E-state index in [9.17, 15) is 14.4 Å². The quantitative estimate of drug-likeness (QED) is 0.484. The average Bonchev–Trinajstić information content (AvgIpc) is 2.78. The number of fused-ring (bicyclic) bond motifs is 2. The van der Waals surface area contributed by atoms with Crippen LogP contribution in [0.25, 0.3) is 0 Å². The predicted molar refractivity (Wildman–Crippen MR) is 117 cm³/mol. The van der Waals surface area contributed by atoms with E-state index in [0.717, 1.165) is 10.6 Å². The number of carbonyl (C=O) groups is 3. The molecule has 0 heterocycles. The molecule has 6 nitrogen and oxygen atoms in total. The molecular formula is C25H23N2O4+. The van der Waals surface area contributed by atoms with Crippen molar-refractivity contribution in [3.05, 3.63) is 95.1 Å². The third-order valence-electron chi connectivity index (χ3n) is 5.23. The Morgan fingerprint density at radius 1 is 0.839 bits per heavy atom. The van der Waals surface area contributed by atoms with Crippen LogP contribution in [0.1, 0.15) is 31.8 Å². The van der Waals surface area contributed by atoms with E-state index in [4.69, 9.17) is 4.74 Å². The minimum atomic E-state index is -0.252. The number of anilines is 1. The van der Waals surface area contributed by atoms with Gasteiger partial charge in [0.1, 0.15) is 18.9 Å². The molecule has 2 N–H and O–H groups in total. The van der Waals surface area contributed by atoms with Gasteiger partial charge in [-0.1, -0.05) is 54.6 Å². The average molecular weight is 415 g/mol. The van der Waals surface area contributed by atoms with E-state index in [0.29, 0.717) is 35.5 Å². The number of ether oxygens (including phenoxy) is 1. The lowest BCUT2D eigenvalue weighted by Gasteiger charge is -2.20. The summed E-state index contributed by atoms with van der Waals surface area (Å²) in [4.78, 5) is 39.4. The highest BCUT2D eigenvalue weighted by Crippen LogP contribution is 2.31. The minimum absolute atomic E-state index is 0.206. The first-order chi connectivity index (χ1) is 15.0. The Kier molecular flexibility index (Phi) is 5.91. The summed E-state index contributed by atoms with van der Waals surface area (Å²) >= 11 is 0. The van der Waals surface area contributed by atoms with Gasteiger partial charge in [-0.25, -0.2) is 0 Å². The fourth-order valence-electron chi connectivity index (χ4n) is 3.67. The summed E-state index contributed by atoms with van der Waals surface area (Å²) in [7, 11) is 1.90. The van der Waals surface area contributed by atoms with Gasteiger partial charge in [-0.2, -0.15) is 0 Å². The molecule has 0 radical (unpaired) electrons. The van der Waals surface area contributed by atoms with E-state index in [2.05, 4.69) is 5.32 Å². The van der Waals surface area contributed by atoms with Crippen molar-refractivity contribution in [2.45, 2.75) is 0 Å². The van der Waals surface area contributed by atoms with Gasteiger partial charge in [0.15, 0.2) is 18.1 Å². The van der Waals surface area contributed by atoms with Crippen molar-refractivity contribution in [1.82, 2.24) is 0 Å². The summed E-state index contributed by atoms with van der Waals surface area (Å²) in [5.41, 5.74) is 1.69. The first-order valence-electron chi connectivity index (χ1n) is 10.1. The highest BCUT2D eigenvalue weighted by Gasteiger charge is 2.31. The number of nitrogens with one attached hydrogen (secondary N) is 2. The Bertz CT molecular complexity index is 1140. The van der Waals surface area contributed by atoms with E-state index in [1.807, 2.05) is 37.4 Å². The zero-order chi connectivity index (χ0) is 21.8. The van der Waals surface area contributed by atoms with Crippen molar-refractivity contribution in [2.75, 3.05) is 32.1 Å². The van der Waals surface area contributed by atoms with Crippen LogP contribution in [-0.4, -0.2) is 44.2 Å². The molecule has 1 aliphatic rings. The molecule has 0 spiro atoms. The molecule has 0 fully saturated rings. The van der Waals surface area contributed by atoms with E-state index in [1.165, 1.54) is 0 Å². The van der Waals surface area contributed by atoms with Gasteiger partial charge in [0.05, 0.1) is 18.3 Å². The molecular weight excluding hydrogens is 392 g/mol. The minimum Gasteiger partial charge on any atom is -0.488 e. The van der Waals surface area contributed by atoms with Crippen LogP contribution in [0.3, 0.4) is 0 Å². The predicted octanol–water partition coefficient (Wildman–Crippen LogP) is 1.99. The molecule has 0 aliphatic heterocycles. The molecule has 1 aliphatic carbocycles. The van der Waals surface area contributed by atoms with Crippen LogP contribution in [0, 0.1) is 0 Å². The maximum atomic E-state index is 13.0. The molecule has 0 bridgehead atoms. The maximum Gasteiger partial charge on any atom is 0.279 e. The summed E-state index contributed by atoms with van der Waals surface area (Å²) in [5.74, 6) is 0.101. The van der Waals surface area contributed by atoms with E-state index in [1.54, 1.807) is 42.5 Å². The number of ketones is 2. The molecule has 0 saturated heterocycles. The lowest BCUT2D eigenvalue weighted by molar-refractivity contribution is -0.871. The van der Waals surface area contributed by atoms with Gasteiger partial charge in [0.2, 0.25) is 0 Å². The highest BCUT2D eigenvalue weighted by molar-refractivity contribution is 6.30. The van der Waals surface area contributed by atoms with E-state index in [-0.39, 0.29) is 29.6 Å². The number of hydrogen-bond acceptors (Lipinski definition) is 4. The van der Waals surface area contributed by atoms with Crippen LogP contribution in [0.5, 0.6) is 5.75 Å². The van der Waals surface area contributed by atoms with E-state index >= 15 is 0 Å². The second kappa shape index (κ2) is 8.93. The van der Waals surface area contributed by atoms with Crippen molar-refractivity contribution in [2.24, 2.45) is 0 Å². The van der Waals surface area contributed by atoms with Crippen LogP contribution in [0.15, 0.2) is 72.8 Å². The molecule has 1 amide bonds. The van der Waals surface area contributed by atoms with Crippen molar-refractivity contribution in [3.8, 4) is 5.75 Å². The maximum absolute atomic E-state index is 13.0. The summed E-state index contributed by atoms with van der Waals surface area (Å²) in [6, 6.07) is 21.2. The van der Waals surface area contributed by atoms with Gasteiger partial charge in [-0.15, -0.1) is 0 Å². The normalized spacial score (nSPS) is 13.2. The fraction of sp³-hybridized carbons (Fsp3) is 0.160. The Morgan fingerprint density at radius 3 is 2.23 bits per heavy atom. The zero-order valence-corrected chi connectivity index (χ0v) is 17.2. The molecule has 0 aromatic heterocycles. The van der Waals surface area contributed by atoms with Crippen LogP contribution in [-0.2, 0) is 4.79 Å². The smallest absolute Gasteiger partial charge is 0.279 e. The van der Waals surface area contributed by atoms with Crippen molar-refractivity contribution >= 4 is 23.2 Å². The Labute approximate surface area is 180 Å². The van der Waals surface area contributed by atoms with Crippen LogP contribution < -0.4 is 15.0 Å². The molecule has 1 unspecified atom stereocenters. The summed E-state index contributed by atoms with van der Waals surface area (Å²) in [5, 5.41) is 2.82. The summed E-state index contributed by atoms with van der Waals surface area (Å²) in [6.07, 6.45) is 0. The van der Waals surface area contributed by atoms with Crippen molar-refractivity contribution in [1.29, 1.82) is 0 Å². The number of hydrogen-bond donors (Lipinski definition) is 2. The molecule has 6 heteroatoms. The van der Waals surface area contributed by atoms with Crippen LogP contribution in [0.4, 0.5) is 5.69 Å². The second-order valence-electron chi connectivity index (χ2n) is 7.53. The molecule has 3 aromatic rings. The number of rotatable bonds is 7. The first-order valence-corrected chi connectivity index (χ1v) is 10.1. The number of benzene rings is 3. The molecule has 31 heavy (non-hydrogen) atoms. The molecule has 1 atom stereocenters. The summed E-state index contributed by atoms with van der Waals surface area (Å²) in [6.45, 7) is 1.33. The number of quaternary nitrogens is 1. The monoisotopic (exact) mass is 415 g/mol. The van der Waals surface area contributed by atoms with Gasteiger partial charge < -0.3 is 15.0 Å². The summed E-state index contributed by atoms with van der Waals surface area (Å²) < 4.78 is 5.68. The van der Waals surface area contributed by atoms with Gasteiger partial charge >= 0.3 is 0 Å². The second-order valence-corrected chi connectivity index (χ2v) is 7.53. The van der Waals surface area contributed by atoms with Gasteiger partial charge in [-0.05, 0) is 18.2 Å². The molecule has 3 aromatic carbocycles. The largest absolute Gasteiger partial charge is 0.488 e. The number of para-hydroxylation sites is 1. The van der Waals surface area contributed by atoms with Crippen LogP contribution in [0.2, 0.25) is 0 Å². The number of likely N-dealkylation sites (N-methyl/N-ethyl adjacent to an activating group) is 1. The van der Waals surface area contributed by atoms with Crippen LogP contribution >= 0.6 is 0 Å². The Morgan fingerprint density at radius 2 is 1.48 bits per heavy atom. The first kappa shape index (κ1) is 20.5. The molecule has 156 valence electrons. The number of carbonyl (C=O) groups excluding carboxylic acids is 3. The standard InChI is InChI=1S/C25H22N2O4/c1-27(14-15-31-17-8-3-2-4-9-17)16-22(28)26-21-13-7-12-20-23(21)25(30)19-11-6-5-10-18(19)24(20)29/h2-13H,14-16H2,1H3,(H,26,28)/p+1. The zero-order valence-electron chi connectivity index (χ0n) is 17.2. The Hall–Kier alpha value is -3.77. The van der Waals surface area contributed by atoms with Gasteiger partial charge in [-0.3, -0.25) is 14.4 Å².